The SMILES string of the molecule is O=C(C1CNNC1)N1CCC(COc2ccc(-c3ccccc3)nn2)C1. The van der Waals surface area contributed by atoms with Crippen molar-refractivity contribution in [2.75, 3.05) is 32.8 Å². The first-order valence-corrected chi connectivity index (χ1v) is 9.06. The van der Waals surface area contributed by atoms with Gasteiger partial charge in [-0.15, -0.1) is 10.2 Å². The molecule has 0 radical (unpaired) electrons. The summed E-state index contributed by atoms with van der Waals surface area (Å²) in [5, 5.41) is 8.40. The van der Waals surface area contributed by atoms with Crippen molar-refractivity contribution in [3.63, 3.8) is 0 Å². The van der Waals surface area contributed by atoms with Crippen LogP contribution in [-0.2, 0) is 4.79 Å². The van der Waals surface area contributed by atoms with Crippen molar-refractivity contribution in [2.45, 2.75) is 6.42 Å². The van der Waals surface area contributed by atoms with Crippen molar-refractivity contribution in [1.82, 2.24) is 25.9 Å². The maximum absolute atomic E-state index is 12.4. The van der Waals surface area contributed by atoms with Crippen LogP contribution in [0.1, 0.15) is 6.42 Å². The molecule has 2 aliphatic rings. The molecule has 1 amide bonds. The second-order valence-corrected chi connectivity index (χ2v) is 6.83. The second-order valence-electron chi connectivity index (χ2n) is 6.83. The maximum atomic E-state index is 12.4. The molecule has 0 spiro atoms. The highest BCUT2D eigenvalue weighted by Gasteiger charge is 2.32. The molecule has 3 heterocycles. The van der Waals surface area contributed by atoms with Crippen molar-refractivity contribution in [2.24, 2.45) is 11.8 Å². The normalized spacial score (nSPS) is 20.5. The number of nitrogens with zero attached hydrogens (tertiary/aromatic N) is 3. The first-order valence-electron chi connectivity index (χ1n) is 9.06. The van der Waals surface area contributed by atoms with E-state index in [9.17, 15) is 4.79 Å². The van der Waals surface area contributed by atoms with Gasteiger partial charge in [0, 0.05) is 43.7 Å². The molecular formula is C19H23N5O2. The summed E-state index contributed by atoms with van der Waals surface area (Å²) in [5.74, 6) is 1.15. The number of rotatable bonds is 5. The highest BCUT2D eigenvalue weighted by molar-refractivity contribution is 5.79. The van der Waals surface area contributed by atoms with Crippen LogP contribution in [0.25, 0.3) is 11.3 Å². The van der Waals surface area contributed by atoms with Crippen molar-refractivity contribution in [3.05, 3.63) is 42.5 Å². The van der Waals surface area contributed by atoms with Crippen LogP contribution in [0.2, 0.25) is 0 Å². The van der Waals surface area contributed by atoms with Gasteiger partial charge in [-0.05, 0) is 12.5 Å². The predicted molar refractivity (Wildman–Crippen MR) is 97.1 cm³/mol. The highest BCUT2D eigenvalue weighted by Crippen LogP contribution is 2.21. The van der Waals surface area contributed by atoms with Gasteiger partial charge in [-0.3, -0.25) is 15.6 Å². The number of nitrogens with one attached hydrogen (secondary N) is 2. The maximum Gasteiger partial charge on any atom is 0.233 e. The van der Waals surface area contributed by atoms with E-state index >= 15 is 0 Å². The van der Waals surface area contributed by atoms with Crippen molar-refractivity contribution in [1.29, 1.82) is 0 Å². The molecule has 1 atom stereocenters. The van der Waals surface area contributed by atoms with E-state index in [1.165, 1.54) is 0 Å². The summed E-state index contributed by atoms with van der Waals surface area (Å²) >= 11 is 0. The Labute approximate surface area is 152 Å². The van der Waals surface area contributed by atoms with Gasteiger partial charge in [0.1, 0.15) is 0 Å². The van der Waals surface area contributed by atoms with E-state index in [1.54, 1.807) is 0 Å². The van der Waals surface area contributed by atoms with E-state index in [2.05, 4.69) is 21.0 Å². The van der Waals surface area contributed by atoms with Gasteiger partial charge in [0.15, 0.2) is 0 Å². The number of likely N-dealkylation sites (tertiary alicyclic amines) is 1. The minimum atomic E-state index is 0.0473. The van der Waals surface area contributed by atoms with E-state index in [0.29, 0.717) is 31.5 Å². The standard InChI is InChI=1S/C19H23N5O2/c25-19(16-10-20-21-11-16)24-9-8-14(12-24)13-26-18-7-6-17(22-23-18)15-4-2-1-3-5-15/h1-7,14,16,20-21H,8-13H2. The summed E-state index contributed by atoms with van der Waals surface area (Å²) in [4.78, 5) is 14.4. The average molecular weight is 353 g/mol. The first-order chi connectivity index (χ1) is 12.8. The Bertz CT molecular complexity index is 731. The number of ether oxygens (including phenoxy) is 1. The fourth-order valence-electron chi connectivity index (χ4n) is 3.43. The van der Waals surface area contributed by atoms with Gasteiger partial charge in [-0.25, -0.2) is 0 Å². The third-order valence-corrected chi connectivity index (χ3v) is 4.95. The van der Waals surface area contributed by atoms with E-state index < -0.39 is 0 Å². The topological polar surface area (TPSA) is 79.4 Å². The third-order valence-electron chi connectivity index (χ3n) is 4.95. The molecule has 0 aliphatic carbocycles. The molecular weight excluding hydrogens is 330 g/mol. The molecule has 7 heteroatoms. The molecule has 2 saturated heterocycles. The summed E-state index contributed by atoms with van der Waals surface area (Å²) < 4.78 is 5.80. The van der Waals surface area contributed by atoms with Gasteiger partial charge in [0.25, 0.3) is 0 Å². The summed E-state index contributed by atoms with van der Waals surface area (Å²) in [6, 6.07) is 13.7. The number of benzene rings is 1. The van der Waals surface area contributed by atoms with Gasteiger partial charge >= 0.3 is 0 Å². The third kappa shape index (κ3) is 3.84. The number of hydrogen-bond donors (Lipinski definition) is 2. The zero-order chi connectivity index (χ0) is 17.8. The lowest BCUT2D eigenvalue weighted by atomic mass is 10.1. The first kappa shape index (κ1) is 16.9. The summed E-state index contributed by atoms with van der Waals surface area (Å²) in [7, 11) is 0. The number of hydrogen-bond acceptors (Lipinski definition) is 6. The van der Waals surface area contributed by atoms with Crippen LogP contribution in [0.3, 0.4) is 0 Å². The number of amides is 1. The average Bonchev–Trinajstić information content (AvgIpc) is 3.39. The number of carbonyl (C=O) groups excluding carboxylic acids is 1. The van der Waals surface area contributed by atoms with Crippen LogP contribution in [0.4, 0.5) is 0 Å². The van der Waals surface area contributed by atoms with Gasteiger partial charge in [-0.1, -0.05) is 30.3 Å². The fraction of sp³-hybridized carbons (Fsp3) is 0.421. The van der Waals surface area contributed by atoms with E-state index in [0.717, 1.165) is 30.8 Å². The molecule has 26 heavy (non-hydrogen) atoms. The zero-order valence-corrected chi connectivity index (χ0v) is 14.6. The van der Waals surface area contributed by atoms with Gasteiger partial charge in [-0.2, -0.15) is 0 Å². The molecule has 1 aromatic carbocycles. The Morgan fingerprint density at radius 1 is 1.12 bits per heavy atom. The minimum Gasteiger partial charge on any atom is -0.476 e. The predicted octanol–water partition coefficient (Wildman–Crippen LogP) is 1.09. The van der Waals surface area contributed by atoms with Crippen LogP contribution in [0, 0.1) is 11.8 Å². The molecule has 1 unspecified atom stereocenters. The van der Waals surface area contributed by atoms with E-state index in [1.807, 2.05) is 47.4 Å². The number of carbonyl (C=O) groups is 1. The molecule has 2 aromatic rings. The molecule has 136 valence electrons. The van der Waals surface area contributed by atoms with Gasteiger partial charge in [0.05, 0.1) is 18.2 Å². The largest absolute Gasteiger partial charge is 0.476 e. The molecule has 2 fully saturated rings. The van der Waals surface area contributed by atoms with E-state index in [4.69, 9.17) is 4.74 Å². The van der Waals surface area contributed by atoms with Crippen LogP contribution in [-0.4, -0.2) is 53.8 Å². The molecule has 0 bridgehead atoms. The van der Waals surface area contributed by atoms with Gasteiger partial charge < -0.3 is 9.64 Å². The Morgan fingerprint density at radius 3 is 2.65 bits per heavy atom. The lowest BCUT2D eigenvalue weighted by molar-refractivity contribution is -0.133. The van der Waals surface area contributed by atoms with Crippen LogP contribution >= 0.6 is 0 Å². The quantitative estimate of drug-likeness (QED) is 0.838. The van der Waals surface area contributed by atoms with Crippen LogP contribution in [0.15, 0.2) is 42.5 Å². The highest BCUT2D eigenvalue weighted by atomic mass is 16.5. The Balaban J connectivity index is 1.27. The van der Waals surface area contributed by atoms with Crippen molar-refractivity contribution in [3.8, 4) is 17.1 Å². The molecule has 7 nitrogen and oxygen atoms in total. The smallest absolute Gasteiger partial charge is 0.233 e. The second kappa shape index (κ2) is 7.80. The molecule has 2 aliphatic heterocycles. The lowest BCUT2D eigenvalue weighted by Crippen LogP contribution is -2.37. The van der Waals surface area contributed by atoms with Crippen LogP contribution < -0.4 is 15.6 Å². The van der Waals surface area contributed by atoms with Crippen molar-refractivity contribution < 1.29 is 9.53 Å². The zero-order valence-electron chi connectivity index (χ0n) is 14.6. The molecule has 2 N–H and O–H groups in total. The van der Waals surface area contributed by atoms with Crippen LogP contribution in [0.5, 0.6) is 5.88 Å². The summed E-state index contributed by atoms with van der Waals surface area (Å²) in [5.41, 5.74) is 7.89. The lowest BCUT2D eigenvalue weighted by Gasteiger charge is -2.19. The monoisotopic (exact) mass is 353 g/mol. The minimum absolute atomic E-state index is 0.0473. The fourth-order valence-corrected chi connectivity index (χ4v) is 3.43. The Morgan fingerprint density at radius 2 is 1.92 bits per heavy atom. The van der Waals surface area contributed by atoms with E-state index in [-0.39, 0.29) is 11.8 Å². The number of aromatic nitrogens is 2. The molecule has 1 aromatic heterocycles. The summed E-state index contributed by atoms with van der Waals surface area (Å²) in [6.07, 6.45) is 0.967. The molecule has 4 rings (SSSR count). The summed E-state index contributed by atoms with van der Waals surface area (Å²) in [6.45, 7) is 3.54. The van der Waals surface area contributed by atoms with Crippen molar-refractivity contribution >= 4 is 5.91 Å². The van der Waals surface area contributed by atoms with Gasteiger partial charge in [0.2, 0.25) is 11.8 Å². The Kier molecular flexibility index (Phi) is 5.08. The molecule has 0 saturated carbocycles. The Hall–Kier alpha value is -2.51. The number of hydrazine groups is 1.